The summed E-state index contributed by atoms with van der Waals surface area (Å²) >= 11 is 1.52. The molecule has 5 heteroatoms. The minimum absolute atomic E-state index is 0.420. The maximum absolute atomic E-state index is 11.0. The lowest BCUT2D eigenvalue weighted by molar-refractivity contribution is -0.140. The van der Waals surface area contributed by atoms with Crippen molar-refractivity contribution >= 4 is 22.4 Å². The Kier molecular flexibility index (Phi) is 5.11. The molecule has 2 rings (SSSR count). The van der Waals surface area contributed by atoms with E-state index in [2.05, 4.69) is 11.6 Å². The molecule has 0 spiro atoms. The lowest BCUT2D eigenvalue weighted by Gasteiger charge is -2.22. The number of aromatic nitrogens is 1. The molecular weight excluding hydrogens is 284 g/mol. The van der Waals surface area contributed by atoms with Crippen molar-refractivity contribution < 1.29 is 9.90 Å². The number of carboxylic acid groups (broad SMARTS) is 1. The molecule has 1 aromatic heterocycles. The summed E-state index contributed by atoms with van der Waals surface area (Å²) in [6, 6.07) is 9.94. The van der Waals surface area contributed by atoms with Gasteiger partial charge in [-0.2, -0.15) is 0 Å². The molecule has 1 heterocycles. The fourth-order valence-electron chi connectivity index (χ4n) is 1.95. The van der Waals surface area contributed by atoms with Gasteiger partial charge in [0.1, 0.15) is 0 Å². The Morgan fingerprint density at radius 2 is 2.19 bits per heavy atom. The first-order valence-corrected chi connectivity index (χ1v) is 7.59. The van der Waals surface area contributed by atoms with Gasteiger partial charge in [0.2, 0.25) is 0 Å². The molecule has 0 aliphatic heterocycles. The van der Waals surface area contributed by atoms with Crippen LogP contribution >= 0.6 is 11.3 Å². The second kappa shape index (κ2) is 7.04. The largest absolute Gasteiger partial charge is 0.481 e. The van der Waals surface area contributed by atoms with Gasteiger partial charge in [-0.3, -0.25) is 4.79 Å². The molecular formula is C16H18N2O2S. The van der Waals surface area contributed by atoms with E-state index < -0.39 is 11.9 Å². The summed E-state index contributed by atoms with van der Waals surface area (Å²) in [4.78, 5) is 17.6. The van der Waals surface area contributed by atoms with Crippen molar-refractivity contribution in [1.29, 1.82) is 0 Å². The SMILES string of the molecule is C=CCN(CC(C)C(=O)O)c1nc(-c2ccccc2)cs1. The minimum atomic E-state index is -0.802. The van der Waals surface area contributed by atoms with Gasteiger partial charge in [-0.05, 0) is 0 Å². The molecule has 110 valence electrons. The standard InChI is InChI=1S/C16H18N2O2S/c1-3-9-18(10-12(2)15(19)20)16-17-14(11-21-16)13-7-5-4-6-8-13/h3-8,11-12H,1,9-10H2,2H3,(H,19,20). The summed E-state index contributed by atoms with van der Waals surface area (Å²) in [6.45, 7) is 6.43. The van der Waals surface area contributed by atoms with Crippen LogP contribution in [0, 0.1) is 5.92 Å². The number of hydrogen-bond acceptors (Lipinski definition) is 4. The summed E-state index contributed by atoms with van der Waals surface area (Å²) in [5, 5.41) is 11.9. The van der Waals surface area contributed by atoms with Gasteiger partial charge in [-0.1, -0.05) is 43.3 Å². The Morgan fingerprint density at radius 3 is 2.81 bits per heavy atom. The van der Waals surface area contributed by atoms with E-state index >= 15 is 0 Å². The Balaban J connectivity index is 2.19. The molecule has 0 amide bonds. The van der Waals surface area contributed by atoms with Crippen LogP contribution in [0.4, 0.5) is 5.13 Å². The van der Waals surface area contributed by atoms with E-state index in [1.165, 1.54) is 11.3 Å². The Labute approximate surface area is 128 Å². The third-order valence-corrected chi connectivity index (χ3v) is 4.00. The number of hydrogen-bond donors (Lipinski definition) is 1. The zero-order valence-electron chi connectivity index (χ0n) is 11.9. The molecule has 1 N–H and O–H groups in total. The van der Waals surface area contributed by atoms with Crippen LogP contribution in [0.25, 0.3) is 11.3 Å². The number of nitrogens with zero attached hydrogens (tertiary/aromatic N) is 2. The lowest BCUT2D eigenvalue weighted by atomic mass is 10.2. The fraction of sp³-hybridized carbons (Fsp3) is 0.250. The van der Waals surface area contributed by atoms with Crippen LogP contribution in [0.15, 0.2) is 48.4 Å². The number of benzene rings is 1. The first kappa shape index (κ1) is 15.3. The van der Waals surface area contributed by atoms with Crippen molar-refractivity contribution in [2.45, 2.75) is 6.92 Å². The number of thiazole rings is 1. The number of anilines is 1. The second-order valence-corrected chi connectivity index (χ2v) is 5.65. The summed E-state index contributed by atoms with van der Waals surface area (Å²) in [5.41, 5.74) is 1.97. The third kappa shape index (κ3) is 3.92. The van der Waals surface area contributed by atoms with Gasteiger partial charge in [0.15, 0.2) is 5.13 Å². The molecule has 0 aliphatic rings. The maximum Gasteiger partial charge on any atom is 0.308 e. The average molecular weight is 302 g/mol. The molecule has 0 fully saturated rings. The predicted molar refractivity (Wildman–Crippen MR) is 86.8 cm³/mol. The summed E-state index contributed by atoms with van der Waals surface area (Å²) in [5.74, 6) is -1.25. The lowest BCUT2D eigenvalue weighted by Crippen LogP contribution is -2.31. The van der Waals surface area contributed by atoms with Gasteiger partial charge in [-0.25, -0.2) is 4.98 Å². The van der Waals surface area contributed by atoms with Crippen LogP contribution in [0.3, 0.4) is 0 Å². The van der Waals surface area contributed by atoms with Crippen LogP contribution in [0.1, 0.15) is 6.92 Å². The second-order valence-electron chi connectivity index (χ2n) is 4.81. The van der Waals surface area contributed by atoms with Gasteiger partial charge in [0.25, 0.3) is 0 Å². The first-order chi connectivity index (χ1) is 10.1. The van der Waals surface area contributed by atoms with Crippen molar-refractivity contribution in [1.82, 2.24) is 4.98 Å². The van der Waals surface area contributed by atoms with Gasteiger partial charge in [0, 0.05) is 24.0 Å². The van der Waals surface area contributed by atoms with E-state index in [-0.39, 0.29) is 0 Å². The number of rotatable bonds is 7. The normalized spacial score (nSPS) is 11.9. The third-order valence-electron chi connectivity index (χ3n) is 3.10. The van der Waals surface area contributed by atoms with Gasteiger partial charge < -0.3 is 10.0 Å². The van der Waals surface area contributed by atoms with Crippen LogP contribution in [0.2, 0.25) is 0 Å². The maximum atomic E-state index is 11.0. The first-order valence-electron chi connectivity index (χ1n) is 6.71. The molecule has 1 unspecified atom stereocenters. The fourth-order valence-corrected chi connectivity index (χ4v) is 2.80. The van der Waals surface area contributed by atoms with E-state index in [9.17, 15) is 4.79 Å². The topological polar surface area (TPSA) is 53.4 Å². The zero-order chi connectivity index (χ0) is 15.2. The average Bonchev–Trinajstić information content (AvgIpc) is 2.97. The molecule has 1 atom stereocenters. The smallest absolute Gasteiger partial charge is 0.308 e. The monoisotopic (exact) mass is 302 g/mol. The number of carbonyl (C=O) groups is 1. The van der Waals surface area contributed by atoms with Crippen molar-refractivity contribution in [2.24, 2.45) is 5.92 Å². The molecule has 4 nitrogen and oxygen atoms in total. The Bertz CT molecular complexity index is 610. The highest BCUT2D eigenvalue weighted by Crippen LogP contribution is 2.27. The molecule has 0 aliphatic carbocycles. The van der Waals surface area contributed by atoms with Gasteiger partial charge in [-0.15, -0.1) is 17.9 Å². The summed E-state index contributed by atoms with van der Waals surface area (Å²) in [7, 11) is 0. The summed E-state index contributed by atoms with van der Waals surface area (Å²) in [6.07, 6.45) is 1.76. The van der Waals surface area contributed by atoms with E-state index in [1.807, 2.05) is 40.6 Å². The van der Waals surface area contributed by atoms with Crippen LogP contribution in [0.5, 0.6) is 0 Å². The van der Waals surface area contributed by atoms with E-state index in [0.29, 0.717) is 13.1 Å². The van der Waals surface area contributed by atoms with Gasteiger partial charge in [0.05, 0.1) is 11.6 Å². The van der Waals surface area contributed by atoms with Crippen LogP contribution < -0.4 is 4.90 Å². The zero-order valence-corrected chi connectivity index (χ0v) is 12.7. The van der Waals surface area contributed by atoms with Crippen molar-refractivity contribution in [3.8, 4) is 11.3 Å². The quantitative estimate of drug-likeness (QED) is 0.795. The van der Waals surface area contributed by atoms with Crippen molar-refractivity contribution in [3.05, 3.63) is 48.4 Å². The van der Waals surface area contributed by atoms with E-state index in [0.717, 1.165) is 16.4 Å². The highest BCUT2D eigenvalue weighted by atomic mass is 32.1. The van der Waals surface area contributed by atoms with Crippen LogP contribution in [-0.4, -0.2) is 29.1 Å². The van der Waals surface area contributed by atoms with Crippen LogP contribution in [-0.2, 0) is 4.79 Å². The van der Waals surface area contributed by atoms with Crippen molar-refractivity contribution in [2.75, 3.05) is 18.0 Å². The molecule has 1 aromatic carbocycles. The molecule has 0 radical (unpaired) electrons. The molecule has 0 saturated carbocycles. The minimum Gasteiger partial charge on any atom is -0.481 e. The highest BCUT2D eigenvalue weighted by Gasteiger charge is 2.18. The van der Waals surface area contributed by atoms with Crippen molar-refractivity contribution in [3.63, 3.8) is 0 Å². The predicted octanol–water partition coefficient (Wildman–Crippen LogP) is 3.52. The molecule has 2 aromatic rings. The van der Waals surface area contributed by atoms with E-state index in [1.54, 1.807) is 13.0 Å². The Hall–Kier alpha value is -2.14. The highest BCUT2D eigenvalue weighted by molar-refractivity contribution is 7.14. The van der Waals surface area contributed by atoms with E-state index in [4.69, 9.17) is 5.11 Å². The summed E-state index contributed by atoms with van der Waals surface area (Å²) < 4.78 is 0. The van der Waals surface area contributed by atoms with Gasteiger partial charge >= 0.3 is 5.97 Å². The Morgan fingerprint density at radius 1 is 1.48 bits per heavy atom. The molecule has 21 heavy (non-hydrogen) atoms. The number of carboxylic acids is 1. The number of aliphatic carboxylic acids is 1. The molecule has 0 saturated heterocycles. The molecule has 0 bridgehead atoms.